The lowest BCUT2D eigenvalue weighted by molar-refractivity contribution is -0.113. The topological polar surface area (TPSA) is 85.6 Å². The lowest BCUT2D eigenvalue weighted by Crippen LogP contribution is -2.23. The molecule has 0 aliphatic heterocycles. The molecule has 3 aromatic heterocycles. The summed E-state index contributed by atoms with van der Waals surface area (Å²) in [5, 5.41) is 13.3. The van der Waals surface area contributed by atoms with Gasteiger partial charge in [-0.15, -0.1) is 10.2 Å². The van der Waals surface area contributed by atoms with Crippen LogP contribution in [0, 0.1) is 12.8 Å². The van der Waals surface area contributed by atoms with Crippen molar-refractivity contribution < 1.29 is 4.79 Å². The zero-order valence-electron chi connectivity index (χ0n) is 18.7. The predicted molar refractivity (Wildman–Crippen MR) is 134 cm³/mol. The molecule has 170 valence electrons. The normalized spacial score (nSPS) is 18.5. The van der Waals surface area contributed by atoms with E-state index in [0.29, 0.717) is 17.1 Å². The highest BCUT2D eigenvalue weighted by Gasteiger charge is 2.29. The van der Waals surface area contributed by atoms with Crippen molar-refractivity contribution in [2.24, 2.45) is 5.92 Å². The highest BCUT2D eigenvalue weighted by atomic mass is 32.2. The molecule has 7 nitrogen and oxygen atoms in total. The summed E-state index contributed by atoms with van der Waals surface area (Å²) in [6, 6.07) is 10.4. The maximum absolute atomic E-state index is 12.7. The molecule has 1 aliphatic carbocycles. The van der Waals surface area contributed by atoms with E-state index < -0.39 is 0 Å². The minimum absolute atomic E-state index is 0.0926. The van der Waals surface area contributed by atoms with E-state index in [9.17, 15) is 4.79 Å². The van der Waals surface area contributed by atoms with Gasteiger partial charge in [0.15, 0.2) is 16.1 Å². The van der Waals surface area contributed by atoms with Gasteiger partial charge in [-0.3, -0.25) is 14.3 Å². The average molecular weight is 479 g/mol. The molecule has 0 radical (unpaired) electrons. The molecule has 9 heteroatoms. The summed E-state index contributed by atoms with van der Waals surface area (Å²) in [7, 11) is 0. The fraction of sp³-hybridized carbons (Fsp3) is 0.375. The molecule has 5 rings (SSSR count). The van der Waals surface area contributed by atoms with Gasteiger partial charge in [-0.05, 0) is 55.5 Å². The Kier molecular flexibility index (Phi) is 6.41. The number of carbonyl (C=O) groups excluding carboxylic acids is 1. The van der Waals surface area contributed by atoms with E-state index in [1.165, 1.54) is 47.9 Å². The van der Waals surface area contributed by atoms with Gasteiger partial charge in [0, 0.05) is 24.0 Å². The van der Waals surface area contributed by atoms with Crippen molar-refractivity contribution in [3.8, 4) is 11.4 Å². The number of nitrogens with zero attached hydrogens (tertiary/aromatic N) is 5. The number of nitrogens with one attached hydrogen (secondary N) is 1. The number of aryl methyl sites for hydroxylation is 1. The van der Waals surface area contributed by atoms with Gasteiger partial charge >= 0.3 is 0 Å². The monoisotopic (exact) mass is 478 g/mol. The number of carbonyl (C=O) groups is 1. The van der Waals surface area contributed by atoms with E-state index >= 15 is 0 Å². The molecule has 1 aromatic carbocycles. The van der Waals surface area contributed by atoms with Crippen LogP contribution < -0.4 is 5.32 Å². The van der Waals surface area contributed by atoms with Crippen LogP contribution in [0.15, 0.2) is 47.9 Å². The number of benzene rings is 1. The molecule has 2 atom stereocenters. The van der Waals surface area contributed by atoms with Crippen molar-refractivity contribution in [1.29, 1.82) is 0 Å². The van der Waals surface area contributed by atoms with Gasteiger partial charge < -0.3 is 5.32 Å². The molecule has 1 N–H and O–H groups in total. The maximum atomic E-state index is 12.7. The van der Waals surface area contributed by atoms with E-state index in [4.69, 9.17) is 0 Å². The summed E-state index contributed by atoms with van der Waals surface area (Å²) >= 11 is 2.93. The second-order valence-corrected chi connectivity index (χ2v) is 10.5. The van der Waals surface area contributed by atoms with Crippen molar-refractivity contribution in [2.75, 3.05) is 11.1 Å². The Morgan fingerprint density at radius 2 is 2.12 bits per heavy atom. The first-order valence-electron chi connectivity index (χ1n) is 11.2. The zero-order chi connectivity index (χ0) is 22.8. The third kappa shape index (κ3) is 4.79. The third-order valence-corrected chi connectivity index (χ3v) is 7.98. The number of thioether (sulfide) groups is 1. The molecule has 4 aromatic rings. The van der Waals surface area contributed by atoms with Crippen LogP contribution in [0.4, 0.5) is 5.13 Å². The summed E-state index contributed by atoms with van der Waals surface area (Å²) in [6.45, 7) is 4.35. The van der Waals surface area contributed by atoms with Crippen LogP contribution in [-0.4, -0.2) is 36.4 Å². The smallest absolute Gasteiger partial charge is 0.236 e. The summed E-state index contributed by atoms with van der Waals surface area (Å²) in [5.74, 6) is 1.52. The molecule has 2 unspecified atom stereocenters. The summed E-state index contributed by atoms with van der Waals surface area (Å²) in [6.07, 6.45) is 8.32. The van der Waals surface area contributed by atoms with Gasteiger partial charge in [-0.25, -0.2) is 4.98 Å². The van der Waals surface area contributed by atoms with Crippen LogP contribution in [-0.2, 0) is 4.79 Å². The van der Waals surface area contributed by atoms with Crippen LogP contribution in [0.1, 0.15) is 44.2 Å². The first-order valence-corrected chi connectivity index (χ1v) is 13.0. The van der Waals surface area contributed by atoms with Crippen molar-refractivity contribution in [1.82, 2.24) is 24.7 Å². The highest BCUT2D eigenvalue weighted by Crippen LogP contribution is 2.39. The molecular weight excluding hydrogens is 452 g/mol. The van der Waals surface area contributed by atoms with Crippen molar-refractivity contribution in [3.63, 3.8) is 0 Å². The van der Waals surface area contributed by atoms with Crippen molar-refractivity contribution in [3.05, 3.63) is 48.3 Å². The highest BCUT2D eigenvalue weighted by molar-refractivity contribution is 7.99. The Balaban J connectivity index is 1.35. The Bertz CT molecular complexity index is 1270. The second kappa shape index (κ2) is 9.61. The lowest BCUT2D eigenvalue weighted by atomic mass is 9.85. The van der Waals surface area contributed by atoms with Crippen LogP contribution in [0.3, 0.4) is 0 Å². The quantitative estimate of drug-likeness (QED) is 0.356. The van der Waals surface area contributed by atoms with Gasteiger partial charge in [0.2, 0.25) is 5.91 Å². The van der Waals surface area contributed by atoms with Crippen molar-refractivity contribution >= 4 is 44.4 Å². The third-order valence-electron chi connectivity index (χ3n) is 6.10. The van der Waals surface area contributed by atoms with Gasteiger partial charge in [0.25, 0.3) is 0 Å². The molecule has 0 spiro atoms. The predicted octanol–water partition coefficient (Wildman–Crippen LogP) is 5.74. The molecule has 1 saturated carbocycles. The van der Waals surface area contributed by atoms with Gasteiger partial charge in [-0.1, -0.05) is 48.9 Å². The molecule has 3 heterocycles. The molecule has 1 fully saturated rings. The number of aromatic nitrogens is 5. The minimum Gasteiger partial charge on any atom is -0.301 e. The van der Waals surface area contributed by atoms with E-state index in [-0.39, 0.29) is 11.7 Å². The number of pyridine rings is 1. The van der Waals surface area contributed by atoms with E-state index in [2.05, 4.69) is 50.0 Å². The fourth-order valence-corrected chi connectivity index (χ4v) is 6.19. The number of hydrogen-bond donors (Lipinski definition) is 1. The SMILES string of the molecule is Cc1ccc2nc(NC(=O)CSc3nnc(-c4cccnc4)n3C3CCCCC3C)sc2c1. The first kappa shape index (κ1) is 22.0. The summed E-state index contributed by atoms with van der Waals surface area (Å²) < 4.78 is 3.31. The molecule has 33 heavy (non-hydrogen) atoms. The summed E-state index contributed by atoms with van der Waals surface area (Å²) in [4.78, 5) is 21.5. The van der Waals surface area contributed by atoms with E-state index in [0.717, 1.165) is 33.2 Å². The number of hydrogen-bond acceptors (Lipinski definition) is 7. The second-order valence-electron chi connectivity index (χ2n) is 8.57. The Labute approximate surface area is 201 Å². The van der Waals surface area contributed by atoms with Crippen LogP contribution in [0.5, 0.6) is 0 Å². The van der Waals surface area contributed by atoms with Gasteiger partial charge in [0.05, 0.1) is 16.0 Å². The Morgan fingerprint density at radius 1 is 1.24 bits per heavy atom. The van der Waals surface area contributed by atoms with E-state index in [1.54, 1.807) is 6.20 Å². The molecule has 0 bridgehead atoms. The first-order chi connectivity index (χ1) is 16.1. The standard InChI is InChI=1S/C24H26N6OS2/c1-15-9-10-18-20(12-15)33-23(26-18)27-21(31)14-32-24-29-28-22(17-7-5-11-25-13-17)30(24)19-8-4-3-6-16(19)2/h5,7,9-13,16,19H,3-4,6,8,14H2,1-2H3,(H,26,27,31). The molecule has 1 aliphatic rings. The number of anilines is 1. The van der Waals surface area contributed by atoms with Crippen LogP contribution >= 0.6 is 23.1 Å². The molecule has 1 amide bonds. The summed E-state index contributed by atoms with van der Waals surface area (Å²) in [5.41, 5.74) is 3.03. The Morgan fingerprint density at radius 3 is 2.94 bits per heavy atom. The zero-order valence-corrected chi connectivity index (χ0v) is 20.3. The number of thiazole rings is 1. The fourth-order valence-electron chi connectivity index (χ4n) is 4.42. The molecular formula is C24H26N6OS2. The van der Waals surface area contributed by atoms with Gasteiger partial charge in [-0.2, -0.15) is 0 Å². The maximum Gasteiger partial charge on any atom is 0.236 e. The average Bonchev–Trinajstić information content (AvgIpc) is 3.42. The van der Waals surface area contributed by atoms with Crippen molar-refractivity contribution in [2.45, 2.75) is 50.7 Å². The minimum atomic E-state index is -0.0926. The van der Waals surface area contributed by atoms with Gasteiger partial charge in [0.1, 0.15) is 0 Å². The number of amides is 1. The van der Waals surface area contributed by atoms with E-state index in [1.807, 2.05) is 30.5 Å². The largest absolute Gasteiger partial charge is 0.301 e. The van der Waals surface area contributed by atoms with Crippen LogP contribution in [0.2, 0.25) is 0 Å². The molecule has 0 saturated heterocycles. The number of rotatable bonds is 6. The van der Waals surface area contributed by atoms with Crippen LogP contribution in [0.25, 0.3) is 21.6 Å². The number of fused-ring (bicyclic) bond motifs is 1. The Hall–Kier alpha value is -2.78. The lowest BCUT2D eigenvalue weighted by Gasteiger charge is -2.31.